The van der Waals surface area contributed by atoms with E-state index in [4.69, 9.17) is 0 Å². The van der Waals surface area contributed by atoms with Gasteiger partial charge in [-0.1, -0.05) is 6.07 Å². The second kappa shape index (κ2) is 6.04. The SMILES string of the molecule is Cn1ccnc1[C@@H]1NC(=O)CC[C@H]1NC(=O)c1cn2ccccc2n1. The maximum atomic E-state index is 12.6. The highest BCUT2D eigenvalue weighted by Gasteiger charge is 2.33. The average molecular weight is 338 g/mol. The zero-order chi connectivity index (χ0) is 17.4. The van der Waals surface area contributed by atoms with Crippen LogP contribution in [0.25, 0.3) is 5.65 Å². The fourth-order valence-electron chi connectivity index (χ4n) is 3.16. The minimum absolute atomic E-state index is 0.0359. The van der Waals surface area contributed by atoms with Crippen LogP contribution in [0.15, 0.2) is 43.0 Å². The van der Waals surface area contributed by atoms with E-state index in [2.05, 4.69) is 20.6 Å². The summed E-state index contributed by atoms with van der Waals surface area (Å²) in [5.74, 6) is 0.420. The van der Waals surface area contributed by atoms with Crippen LogP contribution < -0.4 is 10.6 Å². The van der Waals surface area contributed by atoms with E-state index >= 15 is 0 Å². The van der Waals surface area contributed by atoms with Crippen LogP contribution in [0.5, 0.6) is 0 Å². The molecule has 1 aliphatic rings. The first-order valence-electron chi connectivity index (χ1n) is 8.13. The van der Waals surface area contributed by atoms with Crippen molar-refractivity contribution in [2.24, 2.45) is 7.05 Å². The number of piperidine rings is 1. The number of hydrogen-bond donors (Lipinski definition) is 2. The highest BCUT2D eigenvalue weighted by molar-refractivity contribution is 5.93. The van der Waals surface area contributed by atoms with Crippen LogP contribution in [-0.4, -0.2) is 36.8 Å². The van der Waals surface area contributed by atoms with Crippen molar-refractivity contribution in [2.45, 2.75) is 24.9 Å². The third kappa shape index (κ3) is 2.86. The van der Waals surface area contributed by atoms with Gasteiger partial charge in [-0.2, -0.15) is 0 Å². The van der Waals surface area contributed by atoms with Crippen molar-refractivity contribution in [1.82, 2.24) is 29.6 Å². The first-order chi connectivity index (χ1) is 12.1. The zero-order valence-corrected chi connectivity index (χ0v) is 13.7. The molecule has 2 amide bonds. The minimum Gasteiger partial charge on any atom is -0.345 e. The lowest BCUT2D eigenvalue weighted by atomic mass is 9.97. The highest BCUT2D eigenvalue weighted by atomic mass is 16.2. The Labute approximate surface area is 143 Å². The molecule has 2 N–H and O–H groups in total. The second-order valence-corrected chi connectivity index (χ2v) is 6.15. The van der Waals surface area contributed by atoms with Crippen LogP contribution in [-0.2, 0) is 11.8 Å². The summed E-state index contributed by atoms with van der Waals surface area (Å²) in [5, 5.41) is 5.93. The Morgan fingerprint density at radius 3 is 3.00 bits per heavy atom. The Morgan fingerprint density at radius 1 is 1.36 bits per heavy atom. The van der Waals surface area contributed by atoms with E-state index in [0.717, 1.165) is 0 Å². The Morgan fingerprint density at radius 2 is 2.24 bits per heavy atom. The number of hydrogen-bond acceptors (Lipinski definition) is 4. The number of carbonyl (C=O) groups is 2. The molecule has 8 nitrogen and oxygen atoms in total. The van der Waals surface area contributed by atoms with Gasteiger partial charge in [-0.3, -0.25) is 9.59 Å². The van der Waals surface area contributed by atoms with Gasteiger partial charge in [0.2, 0.25) is 5.91 Å². The number of aromatic nitrogens is 4. The number of nitrogens with zero attached hydrogens (tertiary/aromatic N) is 4. The number of nitrogens with one attached hydrogen (secondary N) is 2. The van der Waals surface area contributed by atoms with Gasteiger partial charge in [-0.15, -0.1) is 0 Å². The number of aryl methyl sites for hydroxylation is 1. The largest absolute Gasteiger partial charge is 0.345 e. The van der Waals surface area contributed by atoms with Crippen molar-refractivity contribution in [3.8, 4) is 0 Å². The lowest BCUT2D eigenvalue weighted by Gasteiger charge is -2.32. The fraction of sp³-hybridized carbons (Fsp3) is 0.294. The van der Waals surface area contributed by atoms with Crippen LogP contribution in [0.3, 0.4) is 0 Å². The maximum Gasteiger partial charge on any atom is 0.271 e. The third-order valence-electron chi connectivity index (χ3n) is 4.45. The molecule has 0 unspecified atom stereocenters. The molecule has 2 atom stereocenters. The van der Waals surface area contributed by atoms with Gasteiger partial charge < -0.3 is 19.6 Å². The monoisotopic (exact) mass is 338 g/mol. The predicted octanol–water partition coefficient (Wildman–Crippen LogP) is 0.817. The van der Waals surface area contributed by atoms with Crippen LogP contribution >= 0.6 is 0 Å². The van der Waals surface area contributed by atoms with Gasteiger partial charge in [0, 0.05) is 38.3 Å². The zero-order valence-electron chi connectivity index (χ0n) is 13.7. The van der Waals surface area contributed by atoms with E-state index in [1.54, 1.807) is 16.8 Å². The number of carbonyl (C=O) groups excluding carboxylic acids is 2. The van der Waals surface area contributed by atoms with Gasteiger partial charge in [0.15, 0.2) is 0 Å². The molecule has 0 radical (unpaired) electrons. The number of fused-ring (bicyclic) bond motifs is 1. The Kier molecular flexibility index (Phi) is 3.72. The Hall–Kier alpha value is -3.16. The maximum absolute atomic E-state index is 12.6. The van der Waals surface area contributed by atoms with Gasteiger partial charge >= 0.3 is 0 Å². The molecule has 0 aliphatic carbocycles. The average Bonchev–Trinajstić information content (AvgIpc) is 3.22. The van der Waals surface area contributed by atoms with E-state index in [-0.39, 0.29) is 23.9 Å². The number of rotatable bonds is 3. The highest BCUT2D eigenvalue weighted by Crippen LogP contribution is 2.23. The Bertz CT molecular complexity index is 910. The summed E-state index contributed by atoms with van der Waals surface area (Å²) in [7, 11) is 1.87. The summed E-state index contributed by atoms with van der Waals surface area (Å²) in [6.07, 6.45) is 7.96. The molecule has 3 aromatic heterocycles. The van der Waals surface area contributed by atoms with Gasteiger partial charge in [0.25, 0.3) is 5.91 Å². The molecule has 0 aromatic carbocycles. The van der Waals surface area contributed by atoms with Crippen LogP contribution in [0.4, 0.5) is 0 Å². The molecular formula is C17H18N6O2. The summed E-state index contributed by atoms with van der Waals surface area (Å²) in [4.78, 5) is 33.1. The minimum atomic E-state index is -0.359. The lowest BCUT2D eigenvalue weighted by Crippen LogP contribution is -2.51. The fourth-order valence-corrected chi connectivity index (χ4v) is 3.16. The summed E-state index contributed by atoms with van der Waals surface area (Å²) < 4.78 is 3.65. The third-order valence-corrected chi connectivity index (χ3v) is 4.45. The van der Waals surface area contributed by atoms with Crippen molar-refractivity contribution in [1.29, 1.82) is 0 Å². The van der Waals surface area contributed by atoms with Crippen molar-refractivity contribution in [2.75, 3.05) is 0 Å². The number of amides is 2. The Balaban J connectivity index is 1.58. The molecule has 0 saturated carbocycles. The first-order valence-corrected chi connectivity index (χ1v) is 8.13. The van der Waals surface area contributed by atoms with E-state index in [1.165, 1.54) is 0 Å². The van der Waals surface area contributed by atoms with Crippen LogP contribution in [0.1, 0.15) is 35.2 Å². The molecule has 128 valence electrons. The first kappa shape index (κ1) is 15.4. The molecular weight excluding hydrogens is 320 g/mol. The molecule has 1 saturated heterocycles. The van der Waals surface area contributed by atoms with Gasteiger partial charge in [0.1, 0.15) is 23.2 Å². The van der Waals surface area contributed by atoms with Crippen molar-refractivity contribution in [3.63, 3.8) is 0 Å². The van der Waals surface area contributed by atoms with E-state index < -0.39 is 0 Å². The smallest absolute Gasteiger partial charge is 0.271 e. The standard InChI is InChI=1S/C17H18N6O2/c1-22-9-7-18-16(22)15-11(5-6-14(24)21-15)20-17(25)12-10-23-8-3-2-4-13(23)19-12/h2-4,7-11,15H,5-6H2,1H3,(H,20,25)(H,21,24)/t11-,15-/m1/s1. The van der Waals surface area contributed by atoms with Gasteiger partial charge in [0.05, 0.1) is 6.04 Å². The molecule has 1 aliphatic heterocycles. The summed E-state index contributed by atoms with van der Waals surface area (Å²) in [6.45, 7) is 0. The topological polar surface area (TPSA) is 93.3 Å². The molecule has 1 fully saturated rings. The molecule has 3 aromatic rings. The van der Waals surface area contributed by atoms with Crippen molar-refractivity contribution < 1.29 is 9.59 Å². The van der Waals surface area contributed by atoms with E-state index in [0.29, 0.717) is 30.0 Å². The van der Waals surface area contributed by atoms with Crippen LogP contribution in [0, 0.1) is 0 Å². The molecule has 8 heteroatoms. The lowest BCUT2D eigenvalue weighted by molar-refractivity contribution is -0.124. The predicted molar refractivity (Wildman–Crippen MR) is 89.8 cm³/mol. The van der Waals surface area contributed by atoms with Gasteiger partial charge in [-0.25, -0.2) is 9.97 Å². The van der Waals surface area contributed by atoms with Crippen LogP contribution in [0.2, 0.25) is 0 Å². The van der Waals surface area contributed by atoms with Crippen molar-refractivity contribution in [3.05, 3.63) is 54.5 Å². The molecule has 0 spiro atoms. The summed E-state index contributed by atoms with van der Waals surface area (Å²) in [5.41, 5.74) is 1.06. The van der Waals surface area contributed by atoms with Gasteiger partial charge in [-0.05, 0) is 18.6 Å². The van der Waals surface area contributed by atoms with E-state index in [1.807, 2.05) is 42.2 Å². The summed E-state index contributed by atoms with van der Waals surface area (Å²) >= 11 is 0. The molecule has 25 heavy (non-hydrogen) atoms. The number of pyridine rings is 1. The molecule has 4 rings (SSSR count). The van der Waals surface area contributed by atoms with Crippen molar-refractivity contribution >= 4 is 17.5 Å². The second-order valence-electron chi connectivity index (χ2n) is 6.15. The van der Waals surface area contributed by atoms with E-state index in [9.17, 15) is 9.59 Å². The quantitative estimate of drug-likeness (QED) is 0.739. The normalized spacial score (nSPS) is 20.4. The molecule has 4 heterocycles. The summed E-state index contributed by atoms with van der Waals surface area (Å²) in [6, 6.07) is 4.99. The number of imidazole rings is 2. The molecule has 0 bridgehead atoms.